The van der Waals surface area contributed by atoms with E-state index >= 15 is 0 Å². The van der Waals surface area contributed by atoms with Gasteiger partial charge >= 0.3 is 0 Å². The van der Waals surface area contributed by atoms with Gasteiger partial charge in [0.2, 0.25) is 5.13 Å². The number of rotatable bonds is 8. The van der Waals surface area contributed by atoms with Gasteiger partial charge in [-0.3, -0.25) is 10.2 Å². The van der Waals surface area contributed by atoms with E-state index in [9.17, 15) is 4.79 Å². The van der Waals surface area contributed by atoms with Crippen LogP contribution < -0.4 is 20.6 Å². The molecule has 0 atom stereocenters. The van der Waals surface area contributed by atoms with E-state index in [2.05, 4.69) is 15.5 Å². The number of amides is 1. The van der Waals surface area contributed by atoms with Crippen LogP contribution in [0.15, 0.2) is 59.0 Å². The second kappa shape index (κ2) is 8.81. The first-order chi connectivity index (χ1) is 13.2. The van der Waals surface area contributed by atoms with E-state index in [-0.39, 0.29) is 6.61 Å². The van der Waals surface area contributed by atoms with Gasteiger partial charge in [0.05, 0.1) is 19.0 Å². The van der Waals surface area contributed by atoms with Crippen LogP contribution in [0.1, 0.15) is 5.56 Å². The summed E-state index contributed by atoms with van der Waals surface area (Å²) in [5.74, 6) is 0.375. The number of hydrazone groups is 1. The number of carbonyl (C=O) groups is 1. The van der Waals surface area contributed by atoms with Gasteiger partial charge in [-0.2, -0.15) is 5.10 Å². The fraction of sp³-hybridized carbons (Fsp3) is 0.105. The van der Waals surface area contributed by atoms with Crippen molar-refractivity contribution in [2.45, 2.75) is 0 Å². The summed E-state index contributed by atoms with van der Waals surface area (Å²) >= 11 is 1.47. The molecule has 3 rings (SSSR count). The molecule has 2 aromatic carbocycles. The van der Waals surface area contributed by atoms with Crippen molar-refractivity contribution >= 4 is 28.6 Å². The molecule has 0 unspecified atom stereocenters. The van der Waals surface area contributed by atoms with E-state index in [4.69, 9.17) is 15.2 Å². The van der Waals surface area contributed by atoms with Crippen molar-refractivity contribution < 1.29 is 14.3 Å². The van der Waals surface area contributed by atoms with Gasteiger partial charge in [0, 0.05) is 10.9 Å². The van der Waals surface area contributed by atoms with Crippen molar-refractivity contribution in [2.75, 3.05) is 19.1 Å². The molecule has 0 aliphatic rings. The van der Waals surface area contributed by atoms with Crippen molar-refractivity contribution in [1.29, 1.82) is 0 Å². The summed E-state index contributed by atoms with van der Waals surface area (Å²) in [6, 6.07) is 15.2. The summed E-state index contributed by atoms with van der Waals surface area (Å²) in [6.07, 6.45) is 1.64. The van der Waals surface area contributed by atoms with E-state index in [1.54, 1.807) is 24.4 Å². The molecule has 0 spiro atoms. The lowest BCUT2D eigenvalue weighted by molar-refractivity contribution is -0.119. The minimum Gasteiger partial charge on any atom is -0.493 e. The zero-order valence-electron chi connectivity index (χ0n) is 14.6. The van der Waals surface area contributed by atoms with Crippen LogP contribution in [0.3, 0.4) is 0 Å². The van der Waals surface area contributed by atoms with Gasteiger partial charge in [-0.05, 0) is 23.8 Å². The van der Waals surface area contributed by atoms with E-state index in [1.165, 1.54) is 18.4 Å². The lowest BCUT2D eigenvalue weighted by atomic mass is 10.2. The average Bonchev–Trinajstić information content (AvgIpc) is 3.16. The number of carbonyl (C=O) groups excluding carboxylic acids is 1. The molecule has 0 aliphatic carbocycles. The van der Waals surface area contributed by atoms with Crippen LogP contribution in [0.25, 0.3) is 11.3 Å². The van der Waals surface area contributed by atoms with Gasteiger partial charge in [-0.15, -0.1) is 11.3 Å². The van der Waals surface area contributed by atoms with Gasteiger partial charge in [0.15, 0.2) is 18.1 Å². The summed E-state index contributed by atoms with van der Waals surface area (Å²) in [7, 11) is 1.52. The quantitative estimate of drug-likeness (QED) is 0.461. The molecule has 3 N–H and O–H groups in total. The third-order valence-electron chi connectivity index (χ3n) is 3.51. The van der Waals surface area contributed by atoms with Crippen molar-refractivity contribution in [3.63, 3.8) is 0 Å². The molecule has 0 radical (unpaired) electrons. The van der Waals surface area contributed by atoms with Gasteiger partial charge in [0.25, 0.3) is 5.91 Å². The summed E-state index contributed by atoms with van der Waals surface area (Å²) in [5, 5.41) is 6.87. The van der Waals surface area contributed by atoms with Crippen LogP contribution in [0.2, 0.25) is 0 Å². The number of ether oxygens (including phenoxy) is 2. The fourth-order valence-electron chi connectivity index (χ4n) is 2.26. The normalized spacial score (nSPS) is 10.7. The Hall–Kier alpha value is -3.39. The van der Waals surface area contributed by atoms with E-state index < -0.39 is 5.91 Å². The molecule has 7 nitrogen and oxygen atoms in total. The Morgan fingerprint density at radius 2 is 2.07 bits per heavy atom. The molecule has 27 heavy (non-hydrogen) atoms. The molecule has 1 heterocycles. The Bertz CT molecular complexity index is 941. The molecule has 3 aromatic rings. The molecule has 0 bridgehead atoms. The van der Waals surface area contributed by atoms with Crippen LogP contribution in [-0.2, 0) is 4.79 Å². The molecule has 0 saturated carbocycles. The molecule has 0 fully saturated rings. The zero-order valence-corrected chi connectivity index (χ0v) is 15.4. The highest BCUT2D eigenvalue weighted by molar-refractivity contribution is 7.14. The first-order valence-electron chi connectivity index (χ1n) is 8.05. The number of hydrogen-bond acceptors (Lipinski definition) is 7. The van der Waals surface area contributed by atoms with Crippen molar-refractivity contribution in [2.24, 2.45) is 10.8 Å². The number of methoxy groups -OCH3 is 1. The van der Waals surface area contributed by atoms with Crippen LogP contribution in [-0.4, -0.2) is 30.8 Å². The van der Waals surface area contributed by atoms with Crippen LogP contribution >= 0.6 is 11.3 Å². The minimum atomic E-state index is -0.551. The van der Waals surface area contributed by atoms with E-state index in [0.717, 1.165) is 16.8 Å². The number of thiazole rings is 1. The van der Waals surface area contributed by atoms with Crippen LogP contribution in [0, 0.1) is 0 Å². The maximum atomic E-state index is 10.8. The summed E-state index contributed by atoms with van der Waals surface area (Å²) < 4.78 is 10.6. The topological polar surface area (TPSA) is 98.8 Å². The first kappa shape index (κ1) is 18.4. The maximum Gasteiger partial charge on any atom is 0.255 e. The number of nitrogens with zero attached hydrogens (tertiary/aromatic N) is 2. The van der Waals surface area contributed by atoms with Gasteiger partial charge < -0.3 is 15.2 Å². The fourth-order valence-corrected chi connectivity index (χ4v) is 2.93. The van der Waals surface area contributed by atoms with Gasteiger partial charge in [-0.1, -0.05) is 30.3 Å². The number of nitrogens with one attached hydrogen (secondary N) is 1. The van der Waals surface area contributed by atoms with Gasteiger partial charge in [0.1, 0.15) is 0 Å². The van der Waals surface area contributed by atoms with Crippen LogP contribution in [0.5, 0.6) is 11.5 Å². The van der Waals surface area contributed by atoms with Crippen molar-refractivity contribution in [1.82, 2.24) is 4.98 Å². The summed E-state index contributed by atoms with van der Waals surface area (Å²) in [4.78, 5) is 15.3. The lowest BCUT2D eigenvalue weighted by Crippen LogP contribution is -2.20. The summed E-state index contributed by atoms with van der Waals surface area (Å²) in [5.41, 5.74) is 10.8. The number of aromatic nitrogens is 1. The molecule has 8 heteroatoms. The first-order valence-corrected chi connectivity index (χ1v) is 8.93. The molecule has 1 aromatic heterocycles. The Kier molecular flexibility index (Phi) is 6.01. The highest BCUT2D eigenvalue weighted by atomic mass is 32.1. The highest BCUT2D eigenvalue weighted by Crippen LogP contribution is 2.28. The third-order valence-corrected chi connectivity index (χ3v) is 4.25. The SMILES string of the molecule is COc1cc(C=NNc2nc(-c3ccccc3)cs2)ccc1OCC(N)=O. The molecule has 138 valence electrons. The standard InChI is InChI=1S/C19H18N4O3S/c1-25-17-9-13(7-8-16(17)26-11-18(20)24)10-21-23-19-22-15(12-27-19)14-5-3-2-4-6-14/h2-10,12H,11H2,1H3,(H2,20,24)(H,22,23). The number of primary amides is 1. The number of anilines is 1. The summed E-state index contributed by atoms with van der Waals surface area (Å²) in [6.45, 7) is -0.209. The number of hydrogen-bond donors (Lipinski definition) is 2. The largest absolute Gasteiger partial charge is 0.493 e. The van der Waals surface area contributed by atoms with Crippen molar-refractivity contribution in [3.05, 3.63) is 59.5 Å². The monoisotopic (exact) mass is 382 g/mol. The molecular formula is C19H18N4O3S. The second-order valence-corrected chi connectivity index (χ2v) is 6.30. The minimum absolute atomic E-state index is 0.209. The molecule has 0 saturated heterocycles. The smallest absolute Gasteiger partial charge is 0.255 e. The van der Waals surface area contributed by atoms with Crippen LogP contribution in [0.4, 0.5) is 5.13 Å². The van der Waals surface area contributed by atoms with Crippen molar-refractivity contribution in [3.8, 4) is 22.8 Å². The lowest BCUT2D eigenvalue weighted by Gasteiger charge is -2.09. The number of benzene rings is 2. The average molecular weight is 382 g/mol. The van der Waals surface area contributed by atoms with E-state index in [1.807, 2.05) is 35.7 Å². The van der Waals surface area contributed by atoms with Gasteiger partial charge in [-0.25, -0.2) is 4.98 Å². The Balaban J connectivity index is 1.64. The maximum absolute atomic E-state index is 10.8. The Morgan fingerprint density at radius 3 is 2.81 bits per heavy atom. The van der Waals surface area contributed by atoms with E-state index in [0.29, 0.717) is 16.6 Å². The Morgan fingerprint density at radius 1 is 1.26 bits per heavy atom. The number of nitrogens with two attached hydrogens (primary N) is 1. The predicted octanol–water partition coefficient (Wildman–Crippen LogP) is 3.13. The predicted molar refractivity (Wildman–Crippen MR) is 106 cm³/mol. The third kappa shape index (κ3) is 5.05. The molecule has 1 amide bonds. The Labute approximate surface area is 160 Å². The molecular weight excluding hydrogens is 364 g/mol. The molecule has 0 aliphatic heterocycles. The zero-order chi connectivity index (χ0) is 19.1. The second-order valence-electron chi connectivity index (χ2n) is 5.44. The highest BCUT2D eigenvalue weighted by Gasteiger charge is 2.07.